The summed E-state index contributed by atoms with van der Waals surface area (Å²) in [4.78, 5) is 17.8. The molecule has 1 aromatic carbocycles. The van der Waals surface area contributed by atoms with Crippen LogP contribution < -0.4 is 4.90 Å². The standard InChI is InChI=1S/C16H22N2O3/c1-2-3-6-10-18-11-9-14(17-21-12-16(19)20)13-7-4-5-8-15(13)18/h4-5,7-8H,2-3,6,9-12H2,1H3,(H,19,20). The summed E-state index contributed by atoms with van der Waals surface area (Å²) in [5.41, 5.74) is 3.04. The van der Waals surface area contributed by atoms with Crippen LogP contribution in [0.5, 0.6) is 0 Å². The molecule has 1 N–H and O–H groups in total. The molecule has 21 heavy (non-hydrogen) atoms. The van der Waals surface area contributed by atoms with Crippen molar-refractivity contribution in [3.8, 4) is 0 Å². The van der Waals surface area contributed by atoms with Crippen molar-refractivity contribution >= 4 is 17.4 Å². The quantitative estimate of drug-likeness (QED) is 0.619. The van der Waals surface area contributed by atoms with E-state index in [9.17, 15) is 4.79 Å². The topological polar surface area (TPSA) is 62.1 Å². The van der Waals surface area contributed by atoms with Gasteiger partial charge in [-0.1, -0.05) is 43.1 Å². The lowest BCUT2D eigenvalue weighted by Gasteiger charge is -2.31. The van der Waals surface area contributed by atoms with Crippen LogP contribution >= 0.6 is 0 Å². The molecular weight excluding hydrogens is 268 g/mol. The Kier molecular flexibility index (Phi) is 5.60. The Labute approximate surface area is 125 Å². The second kappa shape index (κ2) is 7.67. The molecule has 0 spiro atoms. The van der Waals surface area contributed by atoms with E-state index in [1.54, 1.807) is 0 Å². The Bertz CT molecular complexity index is 514. The molecule has 1 heterocycles. The van der Waals surface area contributed by atoms with E-state index in [4.69, 9.17) is 9.94 Å². The molecule has 0 unspecified atom stereocenters. The molecule has 1 aliphatic rings. The molecule has 1 aromatic rings. The summed E-state index contributed by atoms with van der Waals surface area (Å²) in [6, 6.07) is 8.10. The summed E-state index contributed by atoms with van der Waals surface area (Å²) in [6.45, 7) is 3.75. The zero-order valence-corrected chi connectivity index (χ0v) is 12.4. The zero-order valence-electron chi connectivity index (χ0n) is 12.4. The van der Waals surface area contributed by atoms with Gasteiger partial charge in [-0.3, -0.25) is 0 Å². The Morgan fingerprint density at radius 2 is 2.19 bits per heavy atom. The fourth-order valence-corrected chi connectivity index (χ4v) is 2.53. The van der Waals surface area contributed by atoms with E-state index in [0.717, 1.165) is 36.5 Å². The minimum absolute atomic E-state index is 0.397. The van der Waals surface area contributed by atoms with Crippen LogP contribution in [0.3, 0.4) is 0 Å². The minimum atomic E-state index is -1.01. The van der Waals surface area contributed by atoms with Crippen molar-refractivity contribution in [2.24, 2.45) is 5.16 Å². The second-order valence-corrected chi connectivity index (χ2v) is 5.17. The average Bonchev–Trinajstić information content (AvgIpc) is 2.49. The van der Waals surface area contributed by atoms with Crippen LogP contribution in [0.4, 0.5) is 5.69 Å². The number of fused-ring (bicyclic) bond motifs is 1. The number of carboxylic acids is 1. The van der Waals surface area contributed by atoms with Gasteiger partial charge < -0.3 is 14.8 Å². The van der Waals surface area contributed by atoms with Gasteiger partial charge in [0, 0.05) is 30.8 Å². The summed E-state index contributed by atoms with van der Waals surface area (Å²) in [5.74, 6) is -1.01. The molecule has 0 radical (unpaired) electrons. The lowest BCUT2D eigenvalue weighted by molar-refractivity contribution is -0.142. The van der Waals surface area contributed by atoms with E-state index in [1.165, 1.54) is 19.3 Å². The van der Waals surface area contributed by atoms with Crippen molar-refractivity contribution < 1.29 is 14.7 Å². The van der Waals surface area contributed by atoms with Crippen molar-refractivity contribution in [3.05, 3.63) is 29.8 Å². The third kappa shape index (κ3) is 4.21. The lowest BCUT2D eigenvalue weighted by atomic mass is 9.99. The molecule has 0 fully saturated rings. The highest BCUT2D eigenvalue weighted by Crippen LogP contribution is 2.27. The molecule has 0 bridgehead atoms. The van der Waals surface area contributed by atoms with Gasteiger partial charge in [-0.2, -0.15) is 0 Å². The van der Waals surface area contributed by atoms with Crippen molar-refractivity contribution in [1.82, 2.24) is 0 Å². The summed E-state index contributed by atoms with van der Waals surface area (Å²) in [7, 11) is 0. The van der Waals surface area contributed by atoms with Crippen LogP contribution in [0.1, 0.15) is 38.2 Å². The predicted molar refractivity (Wildman–Crippen MR) is 82.9 cm³/mol. The number of hydrogen-bond acceptors (Lipinski definition) is 4. The van der Waals surface area contributed by atoms with Crippen LogP contribution in [0.15, 0.2) is 29.4 Å². The summed E-state index contributed by atoms with van der Waals surface area (Å²) >= 11 is 0. The third-order valence-electron chi connectivity index (χ3n) is 3.57. The Hall–Kier alpha value is -2.04. The van der Waals surface area contributed by atoms with Gasteiger partial charge in [-0.05, 0) is 12.5 Å². The molecule has 0 aromatic heterocycles. The van der Waals surface area contributed by atoms with Crippen molar-refractivity contribution in [2.45, 2.75) is 32.6 Å². The van der Waals surface area contributed by atoms with E-state index in [2.05, 4.69) is 23.0 Å². The molecule has 5 heteroatoms. The largest absolute Gasteiger partial charge is 0.479 e. The number of rotatable bonds is 7. The van der Waals surface area contributed by atoms with Crippen LogP contribution in [0.25, 0.3) is 0 Å². The van der Waals surface area contributed by atoms with Crippen LogP contribution in [-0.2, 0) is 9.63 Å². The minimum Gasteiger partial charge on any atom is -0.479 e. The fourth-order valence-electron chi connectivity index (χ4n) is 2.53. The Morgan fingerprint density at radius 1 is 1.38 bits per heavy atom. The van der Waals surface area contributed by atoms with E-state index >= 15 is 0 Å². The Morgan fingerprint density at radius 3 is 2.95 bits per heavy atom. The molecule has 0 saturated carbocycles. The van der Waals surface area contributed by atoms with Gasteiger partial charge in [-0.15, -0.1) is 0 Å². The lowest BCUT2D eigenvalue weighted by Crippen LogP contribution is -2.33. The van der Waals surface area contributed by atoms with E-state index in [0.29, 0.717) is 0 Å². The number of nitrogens with zero attached hydrogens (tertiary/aromatic N) is 2. The maximum absolute atomic E-state index is 10.5. The summed E-state index contributed by atoms with van der Waals surface area (Å²) in [5, 5.41) is 12.6. The van der Waals surface area contributed by atoms with Gasteiger partial charge in [-0.25, -0.2) is 4.79 Å². The first-order valence-corrected chi connectivity index (χ1v) is 7.47. The molecule has 0 aliphatic carbocycles. The number of anilines is 1. The van der Waals surface area contributed by atoms with E-state index in [-0.39, 0.29) is 0 Å². The van der Waals surface area contributed by atoms with Crippen LogP contribution in [0, 0.1) is 0 Å². The summed E-state index contributed by atoms with van der Waals surface area (Å²) in [6.07, 6.45) is 4.42. The van der Waals surface area contributed by atoms with Crippen LogP contribution in [-0.4, -0.2) is 36.5 Å². The van der Waals surface area contributed by atoms with Gasteiger partial charge in [0.25, 0.3) is 0 Å². The highest BCUT2D eigenvalue weighted by molar-refractivity contribution is 6.06. The normalized spacial score (nSPS) is 15.9. The third-order valence-corrected chi connectivity index (χ3v) is 3.57. The zero-order chi connectivity index (χ0) is 15.1. The first-order valence-electron chi connectivity index (χ1n) is 7.47. The molecule has 0 atom stereocenters. The molecule has 1 aliphatic heterocycles. The average molecular weight is 290 g/mol. The smallest absolute Gasteiger partial charge is 0.344 e. The number of carboxylic acid groups (broad SMARTS) is 1. The van der Waals surface area contributed by atoms with Gasteiger partial charge in [0.2, 0.25) is 6.61 Å². The van der Waals surface area contributed by atoms with E-state index in [1.807, 2.05) is 18.2 Å². The molecule has 114 valence electrons. The van der Waals surface area contributed by atoms with Crippen molar-refractivity contribution in [3.63, 3.8) is 0 Å². The number of benzene rings is 1. The second-order valence-electron chi connectivity index (χ2n) is 5.17. The fraction of sp³-hybridized carbons (Fsp3) is 0.500. The van der Waals surface area contributed by atoms with Gasteiger partial charge in [0.15, 0.2) is 0 Å². The number of oxime groups is 1. The molecule has 0 amide bonds. The van der Waals surface area contributed by atoms with Gasteiger partial charge >= 0.3 is 5.97 Å². The maximum atomic E-state index is 10.5. The maximum Gasteiger partial charge on any atom is 0.344 e. The molecular formula is C16H22N2O3. The van der Waals surface area contributed by atoms with E-state index < -0.39 is 12.6 Å². The SMILES string of the molecule is CCCCCN1CCC(=NOCC(=O)O)c2ccccc21. The first-order chi connectivity index (χ1) is 10.2. The number of aliphatic carboxylic acids is 1. The van der Waals surface area contributed by atoms with Gasteiger partial charge in [0.05, 0.1) is 5.71 Å². The van der Waals surface area contributed by atoms with Gasteiger partial charge in [0.1, 0.15) is 0 Å². The molecule has 5 nitrogen and oxygen atoms in total. The highest BCUT2D eigenvalue weighted by atomic mass is 16.6. The number of para-hydroxylation sites is 1. The van der Waals surface area contributed by atoms with Crippen LogP contribution in [0.2, 0.25) is 0 Å². The molecule has 0 saturated heterocycles. The van der Waals surface area contributed by atoms with Crippen molar-refractivity contribution in [1.29, 1.82) is 0 Å². The number of carbonyl (C=O) groups is 1. The highest BCUT2D eigenvalue weighted by Gasteiger charge is 2.21. The summed E-state index contributed by atoms with van der Waals surface area (Å²) < 4.78 is 0. The number of unbranched alkanes of at least 4 members (excludes halogenated alkanes) is 2. The first kappa shape index (κ1) is 15.4. The van der Waals surface area contributed by atoms with Crippen molar-refractivity contribution in [2.75, 3.05) is 24.6 Å². The monoisotopic (exact) mass is 290 g/mol. The number of hydrogen-bond donors (Lipinski definition) is 1. The molecule has 2 rings (SSSR count). The predicted octanol–water partition coefficient (Wildman–Crippen LogP) is 2.89. The Balaban J connectivity index is 2.10.